The van der Waals surface area contributed by atoms with Crippen LogP contribution in [0.15, 0.2) is 60.0 Å². The monoisotopic (exact) mass is 458 g/mol. The predicted molar refractivity (Wildman–Crippen MR) is 128 cm³/mol. The molecule has 4 N–H and O–H groups in total. The molecule has 1 aliphatic heterocycles. The van der Waals surface area contributed by atoms with Gasteiger partial charge in [0.15, 0.2) is 0 Å². The van der Waals surface area contributed by atoms with Crippen LogP contribution in [-0.2, 0) is 15.2 Å². The fourth-order valence-corrected chi connectivity index (χ4v) is 6.28. The molecule has 2 heterocycles. The number of amides is 1. The molecule has 3 aromatic rings. The van der Waals surface area contributed by atoms with Crippen LogP contribution in [0.3, 0.4) is 0 Å². The van der Waals surface area contributed by atoms with Crippen LogP contribution in [0.2, 0.25) is 0 Å². The Morgan fingerprint density at radius 3 is 2.52 bits per heavy atom. The van der Waals surface area contributed by atoms with Crippen molar-refractivity contribution in [2.24, 2.45) is 5.41 Å². The summed E-state index contributed by atoms with van der Waals surface area (Å²) in [7, 11) is -3.23. The first-order valence-corrected chi connectivity index (χ1v) is 12.9. The first-order chi connectivity index (χ1) is 14.7. The van der Waals surface area contributed by atoms with Gasteiger partial charge < -0.3 is 0 Å². The Balaban J connectivity index is 1.43. The normalized spacial score (nSPS) is 18.3. The fourth-order valence-electron chi connectivity index (χ4n) is 3.29. The molecule has 1 fully saturated rings. The van der Waals surface area contributed by atoms with Gasteiger partial charge in [-0.05, 0) is 5.38 Å². The number of hydrogen-bond donors (Lipinski definition) is 3. The molecule has 0 aliphatic carbocycles. The molecule has 0 atom stereocenters. The molecular weight excluding hydrogens is 431 g/mol. The summed E-state index contributed by atoms with van der Waals surface area (Å²) in [6.45, 7) is 5.03. The van der Waals surface area contributed by atoms with Crippen LogP contribution in [0, 0.1) is 5.41 Å². The summed E-state index contributed by atoms with van der Waals surface area (Å²) in [5.74, 6) is -0.246. The molecule has 6 nitrogen and oxygen atoms in total. The number of nitrogen functional groups attached to an aromatic ring is 1. The van der Waals surface area contributed by atoms with E-state index in [9.17, 15) is 9.69 Å². The Bertz CT molecular complexity index is 1060. The van der Waals surface area contributed by atoms with Gasteiger partial charge in [-0.25, -0.2) is 0 Å². The number of hydrogen-bond acceptors (Lipinski definition) is 6. The van der Waals surface area contributed by atoms with Crippen molar-refractivity contribution in [2.45, 2.75) is 20.0 Å². The third-order valence-electron chi connectivity index (χ3n) is 5.13. The van der Waals surface area contributed by atoms with Crippen LogP contribution in [0.5, 0.6) is 0 Å². The summed E-state index contributed by atoms with van der Waals surface area (Å²) < 4.78 is 11.4. The van der Waals surface area contributed by atoms with Gasteiger partial charge in [-0.15, -0.1) is 0 Å². The summed E-state index contributed by atoms with van der Waals surface area (Å²) >= 11 is 1.63. The third kappa shape index (κ3) is 5.32. The topological polar surface area (TPSA) is 93.8 Å². The Morgan fingerprint density at radius 1 is 1.16 bits per heavy atom. The number of rotatable bonds is 5. The number of anilines is 2. The van der Waals surface area contributed by atoms with E-state index < -0.39 is 7.94 Å². The molecule has 0 radical (unpaired) electrons. The van der Waals surface area contributed by atoms with Crippen molar-refractivity contribution in [3.05, 3.63) is 71.1 Å². The van der Waals surface area contributed by atoms with E-state index in [1.807, 2.05) is 55.6 Å². The molecule has 0 unspecified atom stereocenters. The Morgan fingerprint density at radius 2 is 1.87 bits per heavy atom. The van der Waals surface area contributed by atoms with Crippen LogP contribution in [-0.4, -0.2) is 24.0 Å². The van der Waals surface area contributed by atoms with Crippen molar-refractivity contribution in [3.8, 4) is 10.4 Å². The van der Waals surface area contributed by atoms with Crippen molar-refractivity contribution >= 4 is 36.6 Å². The van der Waals surface area contributed by atoms with Crippen LogP contribution in [0.25, 0.3) is 10.4 Å². The zero-order valence-corrected chi connectivity index (χ0v) is 19.4. The number of carbonyl (C=O) groups excluding carboxylic acids is 1. The Kier molecular flexibility index (Phi) is 6.15. The summed E-state index contributed by atoms with van der Waals surface area (Å²) in [5, 5.41) is 4.91. The number of benzene rings is 2. The van der Waals surface area contributed by atoms with Crippen molar-refractivity contribution in [2.75, 3.05) is 24.3 Å². The second-order valence-corrected chi connectivity index (χ2v) is 11.9. The molecule has 164 valence electrons. The van der Waals surface area contributed by atoms with Crippen molar-refractivity contribution in [1.29, 1.82) is 0 Å². The third-order valence-corrected chi connectivity index (χ3v) is 8.09. The van der Waals surface area contributed by atoms with Gasteiger partial charge in [-0.3, -0.25) is 0 Å². The minimum absolute atomic E-state index is 0.0934. The maximum atomic E-state index is 12.7. The molecule has 4 rings (SSSR count). The molecule has 1 amide bonds. The van der Waals surface area contributed by atoms with Gasteiger partial charge in [0, 0.05) is 0 Å². The SMILES string of the molecule is CC1(C)CO[PH](O)(Cc2ccc(C(=O)Nc3cc(-c4cccs4)ccc3N)cc2)OC1. The number of carbonyl (C=O) groups is 1. The maximum absolute atomic E-state index is 12.7. The van der Waals surface area contributed by atoms with E-state index in [0.717, 1.165) is 16.0 Å². The molecular formula is C23H27N2O4PS. The van der Waals surface area contributed by atoms with E-state index >= 15 is 0 Å². The first-order valence-electron chi connectivity index (χ1n) is 10.1. The fraction of sp³-hybridized carbons (Fsp3) is 0.261. The molecule has 0 saturated carbocycles. The van der Waals surface area contributed by atoms with E-state index in [2.05, 4.69) is 5.32 Å². The zero-order chi connectivity index (χ0) is 22.1. The van der Waals surface area contributed by atoms with Crippen LogP contribution in [0.1, 0.15) is 29.8 Å². The van der Waals surface area contributed by atoms with Crippen LogP contribution < -0.4 is 11.1 Å². The van der Waals surface area contributed by atoms with E-state index in [0.29, 0.717) is 36.3 Å². The Labute approximate surface area is 186 Å². The average molecular weight is 459 g/mol. The molecule has 1 aromatic heterocycles. The van der Waals surface area contributed by atoms with Gasteiger partial charge in [0.2, 0.25) is 0 Å². The van der Waals surface area contributed by atoms with Gasteiger partial charge in [0.05, 0.1) is 0 Å². The number of thiophene rings is 1. The van der Waals surface area contributed by atoms with Crippen molar-refractivity contribution in [3.63, 3.8) is 0 Å². The predicted octanol–water partition coefficient (Wildman–Crippen LogP) is 5.31. The minimum atomic E-state index is -3.23. The quantitative estimate of drug-likeness (QED) is 0.356. The van der Waals surface area contributed by atoms with Crippen LogP contribution >= 0.6 is 19.3 Å². The summed E-state index contributed by atoms with van der Waals surface area (Å²) in [6.07, 6.45) is 0.320. The number of nitrogens with one attached hydrogen (secondary N) is 1. The average Bonchev–Trinajstić information content (AvgIpc) is 3.28. The molecule has 31 heavy (non-hydrogen) atoms. The van der Waals surface area contributed by atoms with E-state index in [1.165, 1.54) is 0 Å². The summed E-state index contributed by atoms with van der Waals surface area (Å²) in [6, 6.07) is 16.7. The van der Waals surface area contributed by atoms with Gasteiger partial charge >= 0.3 is 175 Å². The zero-order valence-electron chi connectivity index (χ0n) is 17.6. The summed E-state index contributed by atoms with van der Waals surface area (Å²) in [5.41, 5.74) is 9.43. The molecule has 2 aromatic carbocycles. The summed E-state index contributed by atoms with van der Waals surface area (Å²) in [4.78, 5) is 24.5. The van der Waals surface area contributed by atoms with Gasteiger partial charge in [-0.1, -0.05) is 6.07 Å². The van der Waals surface area contributed by atoms with Gasteiger partial charge in [-0.2, -0.15) is 0 Å². The van der Waals surface area contributed by atoms with Crippen molar-refractivity contribution < 1.29 is 18.7 Å². The second-order valence-electron chi connectivity index (χ2n) is 8.56. The van der Waals surface area contributed by atoms with Gasteiger partial charge in [0.25, 0.3) is 0 Å². The molecule has 0 bridgehead atoms. The molecule has 1 aliphatic rings. The molecule has 1 saturated heterocycles. The van der Waals surface area contributed by atoms with Crippen molar-refractivity contribution in [1.82, 2.24) is 0 Å². The molecule has 0 spiro atoms. The molecule has 8 heteroatoms. The first kappa shape index (κ1) is 21.9. The Hall–Kier alpha value is -2.28. The van der Waals surface area contributed by atoms with Gasteiger partial charge in [0.1, 0.15) is 0 Å². The number of nitrogens with two attached hydrogens (primary N) is 1. The van der Waals surface area contributed by atoms with E-state index in [4.69, 9.17) is 14.8 Å². The van der Waals surface area contributed by atoms with E-state index in [-0.39, 0.29) is 11.3 Å². The van der Waals surface area contributed by atoms with E-state index in [1.54, 1.807) is 29.5 Å². The second kappa shape index (κ2) is 8.69. The standard InChI is InChI=1S/C23H27N2O4PS/c1-23(2)14-28-30(27,29-15-23)13-16-5-7-17(8-6-16)22(26)25-20-12-18(9-10-19(20)24)21-4-3-11-31-21/h3-12,27,30H,13-15,24H2,1-2H3,(H,25,26). The van der Waals surface area contributed by atoms with Crippen LogP contribution in [0.4, 0.5) is 11.4 Å².